The molecule has 1 aromatic heterocycles. The highest BCUT2D eigenvalue weighted by Crippen LogP contribution is 2.32. The Balaban J connectivity index is 2.98. The van der Waals surface area contributed by atoms with Crippen molar-refractivity contribution in [3.8, 4) is 12.1 Å². The van der Waals surface area contributed by atoms with E-state index in [0.717, 1.165) is 10.1 Å². The maximum absolute atomic E-state index is 8.92. The van der Waals surface area contributed by atoms with Gasteiger partial charge >= 0.3 is 0 Å². The Hall–Kier alpha value is -1.55. The van der Waals surface area contributed by atoms with Gasteiger partial charge in [0.15, 0.2) is 0 Å². The molecular weight excluding hydrogens is 216 g/mol. The number of halogens is 1. The maximum atomic E-state index is 8.92. The number of rotatable bonds is 0. The van der Waals surface area contributed by atoms with Gasteiger partial charge in [-0.15, -0.1) is 11.3 Å². The zero-order valence-corrected chi connectivity index (χ0v) is 8.49. The van der Waals surface area contributed by atoms with Crippen molar-refractivity contribution in [1.29, 1.82) is 10.5 Å². The van der Waals surface area contributed by atoms with Gasteiger partial charge < -0.3 is 0 Å². The van der Waals surface area contributed by atoms with Gasteiger partial charge in [-0.2, -0.15) is 10.5 Å². The Bertz CT molecular complexity index is 586. The summed E-state index contributed by atoms with van der Waals surface area (Å²) in [6.07, 6.45) is 0. The van der Waals surface area contributed by atoms with Crippen LogP contribution in [-0.4, -0.2) is 0 Å². The number of nitriles is 2. The molecule has 0 spiro atoms. The van der Waals surface area contributed by atoms with Crippen LogP contribution in [0.5, 0.6) is 0 Å². The van der Waals surface area contributed by atoms with Gasteiger partial charge in [-0.1, -0.05) is 11.6 Å². The fourth-order valence-electron chi connectivity index (χ4n) is 1.28. The molecule has 0 saturated heterocycles. The molecule has 0 N–H and O–H groups in total. The van der Waals surface area contributed by atoms with Gasteiger partial charge in [0, 0.05) is 10.1 Å². The van der Waals surface area contributed by atoms with Crippen molar-refractivity contribution in [2.24, 2.45) is 0 Å². The van der Waals surface area contributed by atoms with Crippen LogP contribution in [0.3, 0.4) is 0 Å². The van der Waals surface area contributed by atoms with E-state index in [1.807, 2.05) is 23.6 Å². The molecule has 0 bridgehead atoms. The van der Waals surface area contributed by atoms with Crippen molar-refractivity contribution in [3.05, 3.63) is 33.7 Å². The summed E-state index contributed by atoms with van der Waals surface area (Å²) >= 11 is 7.40. The second-order valence-corrected chi connectivity index (χ2v) is 3.99. The Kier molecular flexibility index (Phi) is 2.13. The average Bonchev–Trinajstić information content (AvgIpc) is 2.64. The lowest BCUT2D eigenvalue weighted by Crippen LogP contribution is -1.83. The molecule has 2 aromatic rings. The van der Waals surface area contributed by atoms with Crippen molar-refractivity contribution in [2.75, 3.05) is 0 Å². The highest BCUT2D eigenvalue weighted by Gasteiger charge is 2.11. The average molecular weight is 219 g/mol. The van der Waals surface area contributed by atoms with Crippen LogP contribution < -0.4 is 0 Å². The van der Waals surface area contributed by atoms with Gasteiger partial charge in [0.25, 0.3) is 0 Å². The molecular formula is C10H3ClN2S. The molecule has 2 nitrogen and oxygen atoms in total. The topological polar surface area (TPSA) is 47.6 Å². The Morgan fingerprint density at radius 2 is 2.07 bits per heavy atom. The molecule has 0 amide bonds. The standard InChI is InChI=1S/C10H3ClN2S/c11-10-6(4-12)3-9-7(1-2-14-9)8(10)5-13/h1-3H. The summed E-state index contributed by atoms with van der Waals surface area (Å²) in [5, 5.41) is 20.7. The second kappa shape index (κ2) is 3.31. The van der Waals surface area contributed by atoms with Crippen LogP contribution in [-0.2, 0) is 0 Å². The smallest absolute Gasteiger partial charge is 0.101 e. The lowest BCUT2D eigenvalue weighted by Gasteiger charge is -1.99. The van der Waals surface area contributed by atoms with E-state index in [4.69, 9.17) is 22.1 Å². The van der Waals surface area contributed by atoms with Crippen molar-refractivity contribution < 1.29 is 0 Å². The van der Waals surface area contributed by atoms with Crippen LogP contribution in [0.2, 0.25) is 5.02 Å². The zero-order valence-electron chi connectivity index (χ0n) is 6.91. The van der Waals surface area contributed by atoms with Crippen LogP contribution in [0.15, 0.2) is 17.5 Å². The second-order valence-electron chi connectivity index (χ2n) is 2.67. The van der Waals surface area contributed by atoms with Gasteiger partial charge in [-0.25, -0.2) is 0 Å². The normalized spacial score (nSPS) is 9.64. The van der Waals surface area contributed by atoms with Crippen LogP contribution >= 0.6 is 22.9 Å². The first-order chi connectivity index (χ1) is 6.77. The molecule has 0 saturated carbocycles. The van der Waals surface area contributed by atoms with Crippen molar-refractivity contribution >= 4 is 33.0 Å². The van der Waals surface area contributed by atoms with Crippen LogP contribution in [0.25, 0.3) is 10.1 Å². The van der Waals surface area contributed by atoms with E-state index in [2.05, 4.69) is 0 Å². The van der Waals surface area contributed by atoms with E-state index in [-0.39, 0.29) is 5.02 Å². The van der Waals surface area contributed by atoms with E-state index in [1.54, 1.807) is 6.07 Å². The predicted molar refractivity (Wildman–Crippen MR) is 56.3 cm³/mol. The van der Waals surface area contributed by atoms with Crippen molar-refractivity contribution in [2.45, 2.75) is 0 Å². The molecule has 0 radical (unpaired) electrons. The first-order valence-electron chi connectivity index (χ1n) is 3.78. The van der Waals surface area contributed by atoms with E-state index < -0.39 is 0 Å². The summed E-state index contributed by atoms with van der Waals surface area (Å²) in [6.45, 7) is 0. The molecule has 2 rings (SSSR count). The molecule has 14 heavy (non-hydrogen) atoms. The molecule has 0 aliphatic rings. The minimum atomic E-state index is 0.251. The lowest BCUT2D eigenvalue weighted by molar-refractivity contribution is 1.47. The van der Waals surface area contributed by atoms with Gasteiger partial charge in [-0.05, 0) is 17.5 Å². The van der Waals surface area contributed by atoms with Gasteiger partial charge in [0.1, 0.15) is 12.1 Å². The molecule has 0 aliphatic carbocycles. The third-order valence-electron chi connectivity index (χ3n) is 1.93. The molecule has 0 atom stereocenters. The molecule has 1 heterocycles. The van der Waals surface area contributed by atoms with Crippen LogP contribution in [0, 0.1) is 22.7 Å². The Morgan fingerprint density at radius 3 is 2.71 bits per heavy atom. The maximum Gasteiger partial charge on any atom is 0.101 e. The van der Waals surface area contributed by atoms with E-state index in [9.17, 15) is 0 Å². The summed E-state index contributed by atoms with van der Waals surface area (Å²) in [5.74, 6) is 0. The summed E-state index contributed by atoms with van der Waals surface area (Å²) in [6, 6.07) is 7.55. The Labute approximate surface area is 89.6 Å². The minimum absolute atomic E-state index is 0.251. The van der Waals surface area contributed by atoms with Crippen LogP contribution in [0.4, 0.5) is 0 Å². The number of fused-ring (bicyclic) bond motifs is 1. The third kappa shape index (κ3) is 1.15. The largest absolute Gasteiger partial charge is 0.192 e. The fourth-order valence-corrected chi connectivity index (χ4v) is 2.35. The van der Waals surface area contributed by atoms with Crippen molar-refractivity contribution in [3.63, 3.8) is 0 Å². The highest BCUT2D eigenvalue weighted by molar-refractivity contribution is 7.17. The molecule has 0 fully saturated rings. The van der Waals surface area contributed by atoms with E-state index >= 15 is 0 Å². The van der Waals surface area contributed by atoms with Gasteiger partial charge in [0.05, 0.1) is 16.1 Å². The highest BCUT2D eigenvalue weighted by atomic mass is 35.5. The predicted octanol–water partition coefficient (Wildman–Crippen LogP) is 3.30. The minimum Gasteiger partial charge on any atom is -0.192 e. The van der Waals surface area contributed by atoms with E-state index in [0.29, 0.717) is 11.1 Å². The summed E-state index contributed by atoms with van der Waals surface area (Å²) in [5.41, 5.74) is 0.750. The SMILES string of the molecule is N#Cc1cc2sccc2c(C#N)c1Cl. The number of hydrogen-bond acceptors (Lipinski definition) is 3. The Morgan fingerprint density at radius 1 is 1.29 bits per heavy atom. The van der Waals surface area contributed by atoms with Gasteiger partial charge in [-0.3, -0.25) is 0 Å². The summed E-state index contributed by atoms with van der Waals surface area (Å²) < 4.78 is 0.919. The molecule has 0 unspecified atom stereocenters. The molecule has 4 heteroatoms. The first-order valence-corrected chi connectivity index (χ1v) is 5.03. The van der Waals surface area contributed by atoms with Crippen LogP contribution in [0.1, 0.15) is 11.1 Å². The molecule has 1 aromatic carbocycles. The molecule has 66 valence electrons. The lowest BCUT2D eigenvalue weighted by atomic mass is 10.1. The number of nitrogens with zero attached hydrogens (tertiary/aromatic N) is 2. The quantitative estimate of drug-likeness (QED) is 0.681. The third-order valence-corrected chi connectivity index (χ3v) is 3.18. The van der Waals surface area contributed by atoms with E-state index in [1.165, 1.54) is 11.3 Å². The number of thiophene rings is 1. The summed E-state index contributed by atoms with van der Waals surface area (Å²) in [4.78, 5) is 0. The monoisotopic (exact) mass is 218 g/mol. The fraction of sp³-hybridized carbons (Fsp3) is 0. The molecule has 0 aliphatic heterocycles. The number of hydrogen-bond donors (Lipinski definition) is 0. The first kappa shape index (κ1) is 9.02. The summed E-state index contributed by atoms with van der Waals surface area (Å²) in [7, 11) is 0. The zero-order chi connectivity index (χ0) is 10.1. The number of benzene rings is 1. The van der Waals surface area contributed by atoms with Gasteiger partial charge in [0.2, 0.25) is 0 Å². The van der Waals surface area contributed by atoms with Crippen molar-refractivity contribution in [1.82, 2.24) is 0 Å².